The van der Waals surface area contributed by atoms with E-state index in [1.165, 1.54) is 17.2 Å². The lowest BCUT2D eigenvalue weighted by atomic mass is 10.0. The van der Waals surface area contributed by atoms with Crippen molar-refractivity contribution in [2.45, 2.75) is 70.6 Å². The Hall–Kier alpha value is -3.76. The van der Waals surface area contributed by atoms with E-state index in [4.69, 9.17) is 28.1 Å². The third-order valence-electron chi connectivity index (χ3n) is 8.30. The number of imidazole rings is 1. The van der Waals surface area contributed by atoms with E-state index in [1.54, 1.807) is 33.0 Å². The maximum absolute atomic E-state index is 14.3. The number of phosphoric acid groups is 1. The first-order valence-electron chi connectivity index (χ1n) is 15.7. The third kappa shape index (κ3) is 8.93. The van der Waals surface area contributed by atoms with Gasteiger partial charge in [0.25, 0.3) is 5.56 Å². The minimum Gasteiger partial charge on any atom is -0.394 e. The van der Waals surface area contributed by atoms with Crippen molar-refractivity contribution in [1.29, 1.82) is 5.26 Å². The van der Waals surface area contributed by atoms with Crippen LogP contribution in [0.2, 0.25) is 0 Å². The minimum atomic E-state index is -4.54. The monoisotopic (exact) mass is 738 g/mol. The Labute approximate surface area is 286 Å². The second-order valence-corrected chi connectivity index (χ2v) is 14.4. The molecule has 1 aliphatic heterocycles. The Balaban J connectivity index is 1.40. The summed E-state index contributed by atoms with van der Waals surface area (Å²) in [6.07, 6.45) is 0.775. The van der Waals surface area contributed by atoms with Gasteiger partial charge in [-0.25, -0.2) is 19.5 Å². The maximum atomic E-state index is 14.3. The Kier molecular flexibility index (Phi) is 12.4. The lowest BCUT2D eigenvalue weighted by Gasteiger charge is -2.27. The first-order chi connectivity index (χ1) is 23.9. The summed E-state index contributed by atoms with van der Waals surface area (Å²) < 4.78 is 56.1. The van der Waals surface area contributed by atoms with Crippen molar-refractivity contribution in [3.05, 3.63) is 35.3 Å². The number of amides is 1. The molecule has 5 N–H and O–H groups in total. The lowest BCUT2D eigenvalue weighted by Crippen LogP contribution is -2.29. The van der Waals surface area contributed by atoms with Crippen LogP contribution in [0.25, 0.3) is 11.2 Å². The van der Waals surface area contributed by atoms with E-state index in [-0.39, 0.29) is 42.8 Å². The molecule has 1 aliphatic carbocycles. The van der Waals surface area contributed by atoms with Crippen molar-refractivity contribution in [3.8, 4) is 6.07 Å². The third-order valence-corrected chi connectivity index (χ3v) is 10.2. The molecule has 1 amide bonds. The number of aromatic nitrogens is 6. The number of rotatable bonds is 16. The summed E-state index contributed by atoms with van der Waals surface area (Å²) in [7, 11) is -7.52. The molecule has 5 rings (SSSR count). The molecule has 0 radical (unpaired) electrons. The van der Waals surface area contributed by atoms with Crippen molar-refractivity contribution >= 4 is 44.9 Å². The Bertz CT molecular complexity index is 1800. The molecule has 2 fully saturated rings. The van der Waals surface area contributed by atoms with Crippen LogP contribution in [0.3, 0.4) is 0 Å². The number of nitriles is 1. The summed E-state index contributed by atoms with van der Waals surface area (Å²) in [5.74, 6) is -1.59. The normalized spacial score (nSPS) is 26.5. The SMILES string of the molecule is CC(C)C(=O)Nc1nc2c(ncn2[C@@H]2O[C@H](CO)[C@@H](C)[C@H]2OP(=O)(OCCC#N)OC[C@H]2C[C@@H](Nc3ccncn3)C[C@@H]2O[P+](=O)O)c(=O)[nH]1. The maximum Gasteiger partial charge on any atom is 0.695 e. The van der Waals surface area contributed by atoms with Crippen LogP contribution >= 0.6 is 16.1 Å². The fourth-order valence-corrected chi connectivity index (χ4v) is 7.68. The van der Waals surface area contributed by atoms with Crippen LogP contribution in [-0.2, 0) is 36.8 Å². The molecule has 4 heterocycles. The molecular formula is C28H38N9O11P2+. The molecule has 20 nitrogen and oxygen atoms in total. The van der Waals surface area contributed by atoms with Gasteiger partial charge < -0.3 is 15.2 Å². The number of aliphatic hydroxyl groups excluding tert-OH is 1. The van der Waals surface area contributed by atoms with Crippen molar-refractivity contribution < 1.29 is 46.8 Å². The Morgan fingerprint density at radius 1 is 1.32 bits per heavy atom. The van der Waals surface area contributed by atoms with Gasteiger partial charge in [0.15, 0.2) is 17.4 Å². The van der Waals surface area contributed by atoms with Crippen molar-refractivity contribution in [2.75, 3.05) is 30.5 Å². The van der Waals surface area contributed by atoms with Gasteiger partial charge in [0, 0.05) is 34.6 Å². The Morgan fingerprint density at radius 2 is 2.12 bits per heavy atom. The van der Waals surface area contributed by atoms with Gasteiger partial charge in [-0.15, -0.1) is 9.42 Å². The molecule has 3 aromatic heterocycles. The van der Waals surface area contributed by atoms with Gasteiger partial charge in [-0.1, -0.05) is 20.8 Å². The van der Waals surface area contributed by atoms with Crippen LogP contribution in [0.5, 0.6) is 0 Å². The van der Waals surface area contributed by atoms with E-state index in [1.807, 2.05) is 6.07 Å². The number of phosphoric ester groups is 1. The van der Waals surface area contributed by atoms with Crippen LogP contribution in [0.4, 0.5) is 11.8 Å². The molecule has 22 heteroatoms. The summed E-state index contributed by atoms with van der Waals surface area (Å²) in [6.45, 7) is 3.96. The largest absolute Gasteiger partial charge is 0.695 e. The first-order valence-corrected chi connectivity index (χ1v) is 18.3. The molecule has 1 saturated carbocycles. The van der Waals surface area contributed by atoms with Gasteiger partial charge in [0.05, 0.1) is 44.7 Å². The van der Waals surface area contributed by atoms with Crippen LogP contribution < -0.4 is 16.2 Å². The summed E-state index contributed by atoms with van der Waals surface area (Å²) in [4.78, 5) is 53.7. The summed E-state index contributed by atoms with van der Waals surface area (Å²) in [6, 6.07) is 3.31. The van der Waals surface area contributed by atoms with Crippen LogP contribution in [-0.4, -0.2) is 89.6 Å². The number of hydrogen-bond donors (Lipinski definition) is 5. The number of fused-ring (bicyclic) bond motifs is 1. The molecule has 3 aromatic rings. The van der Waals surface area contributed by atoms with Crippen molar-refractivity contribution in [3.63, 3.8) is 0 Å². The molecule has 0 bridgehead atoms. The molecule has 2 aliphatic rings. The highest BCUT2D eigenvalue weighted by atomic mass is 31.2. The topological polar surface area (TPSA) is 275 Å². The average molecular weight is 739 g/mol. The van der Waals surface area contributed by atoms with Gasteiger partial charge in [-0.05, 0) is 18.9 Å². The molecule has 9 atom stereocenters. The van der Waals surface area contributed by atoms with Crippen LogP contribution in [0.1, 0.15) is 46.3 Å². The molecular weight excluding hydrogens is 700 g/mol. The second kappa shape index (κ2) is 16.5. The quantitative estimate of drug-likeness (QED) is 0.104. The van der Waals surface area contributed by atoms with E-state index in [2.05, 4.69) is 35.6 Å². The molecule has 1 saturated heterocycles. The van der Waals surface area contributed by atoms with Crippen LogP contribution in [0.15, 0.2) is 29.7 Å². The fourth-order valence-electron chi connectivity index (χ4n) is 5.71. The number of aromatic amines is 1. The number of nitrogens with one attached hydrogen (secondary N) is 3. The average Bonchev–Trinajstić information content (AvgIpc) is 3.75. The minimum absolute atomic E-state index is 0.00429. The number of H-pyrrole nitrogens is 1. The van der Waals surface area contributed by atoms with E-state index < -0.39 is 76.4 Å². The predicted octanol–water partition coefficient (Wildman–Crippen LogP) is 2.40. The standard InChI is InChI=1S/C28H37N9O11P2/c1-15(2)25(39)35-28-34-24-22(26(40)36-28)32-14-37(24)27-23(16(3)20(11-38)46-27)48-50(43,44-8-4-6-29)45-12-17-9-18(10-19(17)47-49(41)42)33-21-5-7-30-13-31-21/h5,7,13-20,23,27,38H,4,8-12H2,1-3H3,(H3-,30,31,33,34,35,36,39,40,41,42)/p+1/t16-,17-,18-,19+,20-,23-,27-,50?/m1/s1. The molecule has 0 aromatic carbocycles. The number of anilines is 2. The zero-order valence-corrected chi connectivity index (χ0v) is 29.1. The van der Waals surface area contributed by atoms with Gasteiger partial charge >= 0.3 is 16.1 Å². The predicted molar refractivity (Wildman–Crippen MR) is 173 cm³/mol. The van der Waals surface area contributed by atoms with E-state index in [0.717, 1.165) is 0 Å². The number of hydrogen-bond acceptors (Lipinski definition) is 16. The van der Waals surface area contributed by atoms with E-state index in [9.17, 15) is 28.7 Å². The van der Waals surface area contributed by atoms with Gasteiger partial charge in [-0.3, -0.25) is 38.0 Å². The van der Waals surface area contributed by atoms with E-state index >= 15 is 0 Å². The highest BCUT2D eigenvalue weighted by Crippen LogP contribution is 2.55. The number of nitrogens with zero attached hydrogens (tertiary/aromatic N) is 6. The van der Waals surface area contributed by atoms with Crippen molar-refractivity contribution in [2.24, 2.45) is 17.8 Å². The summed E-state index contributed by atoms with van der Waals surface area (Å²) >= 11 is 0. The summed E-state index contributed by atoms with van der Waals surface area (Å²) in [5, 5.41) is 25.0. The van der Waals surface area contributed by atoms with Gasteiger partial charge in [-0.2, -0.15) is 10.2 Å². The van der Waals surface area contributed by atoms with Crippen LogP contribution in [0, 0.1) is 29.1 Å². The molecule has 270 valence electrons. The lowest BCUT2D eigenvalue weighted by molar-refractivity contribution is -0.118. The number of aliphatic hydroxyl groups is 1. The number of ether oxygens (including phenoxy) is 1. The molecule has 50 heavy (non-hydrogen) atoms. The number of carbonyl (C=O) groups is 1. The number of carbonyl (C=O) groups excluding carboxylic acids is 1. The van der Waals surface area contributed by atoms with Crippen molar-refractivity contribution in [1.82, 2.24) is 29.5 Å². The zero-order chi connectivity index (χ0) is 36.0. The van der Waals surface area contributed by atoms with E-state index in [0.29, 0.717) is 18.7 Å². The Morgan fingerprint density at radius 3 is 2.80 bits per heavy atom. The zero-order valence-electron chi connectivity index (χ0n) is 27.3. The molecule has 2 unspecified atom stereocenters. The first kappa shape index (κ1) is 37.5. The highest BCUT2D eigenvalue weighted by Gasteiger charge is 2.49. The summed E-state index contributed by atoms with van der Waals surface area (Å²) in [5.41, 5.74) is -0.724. The van der Waals surface area contributed by atoms with Gasteiger partial charge in [0.1, 0.15) is 24.4 Å². The second-order valence-electron chi connectivity index (χ2n) is 12.1. The smallest absolute Gasteiger partial charge is 0.394 e. The molecule has 0 spiro atoms. The highest BCUT2D eigenvalue weighted by molar-refractivity contribution is 7.48. The fraction of sp³-hybridized carbons (Fsp3) is 0.607. The van der Waals surface area contributed by atoms with Gasteiger partial charge in [0.2, 0.25) is 11.9 Å².